The number of carbonyl (C=O) groups is 1. The van der Waals surface area contributed by atoms with Gasteiger partial charge in [-0.25, -0.2) is 0 Å². The molecule has 0 aromatic heterocycles. The van der Waals surface area contributed by atoms with Gasteiger partial charge in [0.1, 0.15) is 0 Å². The number of ether oxygens (including phenoxy) is 2. The largest absolute Gasteiger partial charge is 0.469 e. The van der Waals surface area contributed by atoms with Crippen LogP contribution in [0.1, 0.15) is 25.7 Å². The summed E-state index contributed by atoms with van der Waals surface area (Å²) in [6.07, 6.45) is 4.49. The van der Waals surface area contributed by atoms with Crippen molar-refractivity contribution in [3.63, 3.8) is 0 Å². The Kier molecular flexibility index (Phi) is 2.54. The molecule has 1 aliphatic carbocycles. The van der Waals surface area contributed by atoms with E-state index in [9.17, 15) is 4.79 Å². The molecule has 3 atom stereocenters. The van der Waals surface area contributed by atoms with Crippen molar-refractivity contribution in [1.29, 1.82) is 0 Å². The van der Waals surface area contributed by atoms with E-state index < -0.39 is 0 Å². The first-order valence-electron chi connectivity index (χ1n) is 5.00. The molecule has 74 valence electrons. The van der Waals surface area contributed by atoms with Gasteiger partial charge in [-0.1, -0.05) is 0 Å². The molecule has 0 aromatic carbocycles. The number of rotatable bonds is 1. The van der Waals surface area contributed by atoms with Crippen LogP contribution in [-0.2, 0) is 14.3 Å². The summed E-state index contributed by atoms with van der Waals surface area (Å²) in [5, 5.41) is 0. The molecule has 0 amide bonds. The number of esters is 1. The molecule has 2 fully saturated rings. The Morgan fingerprint density at radius 1 is 1.38 bits per heavy atom. The number of carbonyl (C=O) groups excluding carboxylic acids is 1. The lowest BCUT2D eigenvalue weighted by Gasteiger charge is -2.28. The van der Waals surface area contributed by atoms with Gasteiger partial charge in [0.05, 0.1) is 19.1 Å². The second-order valence-corrected chi connectivity index (χ2v) is 3.99. The summed E-state index contributed by atoms with van der Waals surface area (Å²) in [4.78, 5) is 11.3. The van der Waals surface area contributed by atoms with Gasteiger partial charge in [-0.2, -0.15) is 0 Å². The van der Waals surface area contributed by atoms with Crippen LogP contribution in [0.5, 0.6) is 0 Å². The Morgan fingerprint density at radius 2 is 2.23 bits per heavy atom. The van der Waals surface area contributed by atoms with Gasteiger partial charge in [0.15, 0.2) is 0 Å². The molecule has 1 saturated carbocycles. The van der Waals surface area contributed by atoms with Gasteiger partial charge in [0, 0.05) is 6.61 Å². The summed E-state index contributed by atoms with van der Waals surface area (Å²) in [6.45, 7) is 0.878. The maximum absolute atomic E-state index is 11.3. The van der Waals surface area contributed by atoms with Crippen molar-refractivity contribution in [3.05, 3.63) is 0 Å². The van der Waals surface area contributed by atoms with E-state index in [-0.39, 0.29) is 11.9 Å². The van der Waals surface area contributed by atoms with Crippen molar-refractivity contribution >= 4 is 5.97 Å². The smallest absolute Gasteiger partial charge is 0.308 e. The predicted molar refractivity (Wildman–Crippen MR) is 47.2 cm³/mol. The summed E-state index contributed by atoms with van der Waals surface area (Å²) in [7, 11) is 1.47. The Labute approximate surface area is 78.4 Å². The topological polar surface area (TPSA) is 35.5 Å². The van der Waals surface area contributed by atoms with E-state index >= 15 is 0 Å². The highest BCUT2D eigenvalue weighted by Crippen LogP contribution is 2.37. The molecular formula is C10H16O3. The second kappa shape index (κ2) is 3.66. The number of fused-ring (bicyclic) bond motifs is 1. The minimum atomic E-state index is -0.0367. The zero-order valence-electron chi connectivity index (χ0n) is 7.99. The second-order valence-electron chi connectivity index (χ2n) is 3.99. The standard InChI is InChI=1S/C10H16O3/c1-12-10(11)8-2-3-9-7(6-8)4-5-13-9/h7-9H,2-6H2,1H3/t7-,8-,9+/m1/s1. The molecule has 1 heterocycles. The van der Waals surface area contributed by atoms with Gasteiger partial charge in [0.25, 0.3) is 0 Å². The molecule has 2 aliphatic rings. The van der Waals surface area contributed by atoms with E-state index in [4.69, 9.17) is 9.47 Å². The summed E-state index contributed by atoms with van der Waals surface area (Å²) in [5.74, 6) is 0.705. The van der Waals surface area contributed by atoms with Crippen LogP contribution >= 0.6 is 0 Å². The Balaban J connectivity index is 1.93. The average Bonchev–Trinajstić information content (AvgIpc) is 2.63. The van der Waals surface area contributed by atoms with E-state index in [2.05, 4.69) is 0 Å². The molecule has 3 heteroatoms. The van der Waals surface area contributed by atoms with Crippen molar-refractivity contribution < 1.29 is 14.3 Å². The third-order valence-electron chi connectivity index (χ3n) is 3.27. The zero-order valence-corrected chi connectivity index (χ0v) is 7.99. The fraction of sp³-hybridized carbons (Fsp3) is 0.900. The Bertz CT molecular complexity index is 202. The van der Waals surface area contributed by atoms with Crippen LogP contribution < -0.4 is 0 Å². The minimum absolute atomic E-state index is 0.0367. The molecule has 0 radical (unpaired) electrons. The summed E-state index contributed by atoms with van der Waals surface area (Å²) in [5.41, 5.74) is 0. The third-order valence-corrected chi connectivity index (χ3v) is 3.27. The van der Waals surface area contributed by atoms with Crippen LogP contribution in [-0.4, -0.2) is 25.8 Å². The number of methoxy groups -OCH3 is 1. The summed E-state index contributed by atoms with van der Waals surface area (Å²) >= 11 is 0. The lowest BCUT2D eigenvalue weighted by molar-refractivity contribution is -0.147. The van der Waals surface area contributed by atoms with Crippen LogP contribution in [0.3, 0.4) is 0 Å². The Hall–Kier alpha value is -0.570. The molecule has 1 saturated heterocycles. The van der Waals surface area contributed by atoms with Gasteiger partial charge in [0.2, 0.25) is 0 Å². The van der Waals surface area contributed by atoms with E-state index in [1.54, 1.807) is 0 Å². The van der Waals surface area contributed by atoms with Crippen LogP contribution in [0, 0.1) is 11.8 Å². The summed E-state index contributed by atoms with van der Waals surface area (Å²) in [6, 6.07) is 0. The quantitative estimate of drug-likeness (QED) is 0.577. The van der Waals surface area contributed by atoms with E-state index in [0.29, 0.717) is 12.0 Å². The first-order valence-corrected chi connectivity index (χ1v) is 5.00. The maximum Gasteiger partial charge on any atom is 0.308 e. The van der Waals surface area contributed by atoms with Crippen molar-refractivity contribution in [2.45, 2.75) is 31.8 Å². The van der Waals surface area contributed by atoms with Gasteiger partial charge in [-0.3, -0.25) is 4.79 Å². The molecular weight excluding hydrogens is 168 g/mol. The average molecular weight is 184 g/mol. The number of hydrogen-bond acceptors (Lipinski definition) is 3. The molecule has 1 aliphatic heterocycles. The van der Waals surface area contributed by atoms with E-state index in [1.165, 1.54) is 7.11 Å². The normalized spacial score (nSPS) is 38.4. The maximum atomic E-state index is 11.3. The van der Waals surface area contributed by atoms with Gasteiger partial charge in [-0.05, 0) is 31.6 Å². The molecule has 0 bridgehead atoms. The van der Waals surface area contributed by atoms with Crippen molar-refractivity contribution in [3.8, 4) is 0 Å². The van der Waals surface area contributed by atoms with Crippen molar-refractivity contribution in [2.75, 3.05) is 13.7 Å². The molecule has 0 unspecified atom stereocenters. The lowest BCUT2D eigenvalue weighted by atomic mass is 9.79. The lowest BCUT2D eigenvalue weighted by Crippen LogP contribution is -2.30. The Morgan fingerprint density at radius 3 is 3.00 bits per heavy atom. The van der Waals surface area contributed by atoms with Crippen molar-refractivity contribution in [1.82, 2.24) is 0 Å². The van der Waals surface area contributed by atoms with Crippen molar-refractivity contribution in [2.24, 2.45) is 11.8 Å². The van der Waals surface area contributed by atoms with Gasteiger partial charge < -0.3 is 9.47 Å². The van der Waals surface area contributed by atoms with Crippen LogP contribution in [0.25, 0.3) is 0 Å². The number of hydrogen-bond donors (Lipinski definition) is 0. The fourth-order valence-electron chi connectivity index (χ4n) is 2.51. The van der Waals surface area contributed by atoms with Gasteiger partial charge in [-0.15, -0.1) is 0 Å². The van der Waals surface area contributed by atoms with Crippen LogP contribution in [0.4, 0.5) is 0 Å². The minimum Gasteiger partial charge on any atom is -0.469 e. The summed E-state index contributed by atoms with van der Waals surface area (Å²) < 4.78 is 10.3. The monoisotopic (exact) mass is 184 g/mol. The third kappa shape index (κ3) is 1.70. The highest BCUT2D eigenvalue weighted by atomic mass is 16.5. The van der Waals surface area contributed by atoms with Crippen LogP contribution in [0.2, 0.25) is 0 Å². The molecule has 13 heavy (non-hydrogen) atoms. The highest BCUT2D eigenvalue weighted by molar-refractivity contribution is 5.72. The van der Waals surface area contributed by atoms with Crippen LogP contribution in [0.15, 0.2) is 0 Å². The molecule has 0 spiro atoms. The SMILES string of the molecule is COC(=O)[C@@H]1CC[C@@H]2OCC[C@@H]2C1. The van der Waals surface area contributed by atoms with E-state index in [1.807, 2.05) is 0 Å². The van der Waals surface area contributed by atoms with E-state index in [0.717, 1.165) is 32.3 Å². The fourth-order valence-corrected chi connectivity index (χ4v) is 2.51. The van der Waals surface area contributed by atoms with Gasteiger partial charge >= 0.3 is 5.97 Å². The zero-order chi connectivity index (χ0) is 9.26. The molecule has 2 rings (SSSR count). The molecule has 3 nitrogen and oxygen atoms in total. The first kappa shape index (κ1) is 9.00. The molecule has 0 aromatic rings. The highest BCUT2D eigenvalue weighted by Gasteiger charge is 2.37. The predicted octanol–water partition coefficient (Wildman–Crippen LogP) is 1.36. The molecule has 0 N–H and O–H groups in total. The first-order chi connectivity index (χ1) is 6.31.